The smallest absolute Gasteiger partial charge is 0.225 e. The van der Waals surface area contributed by atoms with Gasteiger partial charge in [0.1, 0.15) is 0 Å². The number of nitrogens with two attached hydrogens (primary N) is 2. The molecule has 1 unspecified atom stereocenters. The van der Waals surface area contributed by atoms with Gasteiger partial charge in [-0.2, -0.15) is 4.99 Å². The number of nitrogens with zero attached hydrogens (tertiary/aromatic N) is 4. The number of aliphatic imine (C=N–C) groups is 2. The number of nitrogens with one attached hydrogen (secondary N) is 2. The van der Waals surface area contributed by atoms with E-state index in [-0.39, 0.29) is 5.96 Å². The largest absolute Gasteiger partial charge is 0.378 e. The van der Waals surface area contributed by atoms with Crippen molar-refractivity contribution in [3.8, 4) is 0 Å². The molecule has 1 saturated heterocycles. The first-order valence-corrected chi connectivity index (χ1v) is 9.20. The Kier molecular flexibility index (Phi) is 5.09. The number of ether oxygens (including phenoxy) is 1. The van der Waals surface area contributed by atoms with Crippen molar-refractivity contribution < 1.29 is 4.74 Å². The van der Waals surface area contributed by atoms with E-state index in [9.17, 15) is 0 Å². The maximum absolute atomic E-state index is 6.51. The number of hydrogen-bond acceptors (Lipinski definition) is 9. The molecule has 0 radical (unpaired) electrons. The normalized spacial score (nSPS) is 22.1. The molecule has 0 bridgehead atoms. The van der Waals surface area contributed by atoms with Crippen molar-refractivity contribution in [3.63, 3.8) is 0 Å². The summed E-state index contributed by atoms with van der Waals surface area (Å²) in [6.45, 7) is 3.72. The van der Waals surface area contributed by atoms with Crippen molar-refractivity contribution in [2.24, 2.45) is 21.5 Å². The van der Waals surface area contributed by atoms with Crippen molar-refractivity contribution in [1.82, 2.24) is 15.6 Å². The number of rotatable bonds is 4. The molecule has 2 aromatic rings. The third-order valence-electron chi connectivity index (χ3n) is 4.66. The van der Waals surface area contributed by atoms with Crippen molar-refractivity contribution in [3.05, 3.63) is 59.9 Å². The van der Waals surface area contributed by atoms with Crippen LogP contribution in [0.1, 0.15) is 11.3 Å². The quantitative estimate of drug-likeness (QED) is 0.590. The van der Waals surface area contributed by atoms with E-state index in [0.29, 0.717) is 12.5 Å². The van der Waals surface area contributed by atoms with Gasteiger partial charge in [-0.05, 0) is 24.3 Å². The van der Waals surface area contributed by atoms with Crippen molar-refractivity contribution in [2.75, 3.05) is 31.2 Å². The lowest BCUT2D eigenvalue weighted by atomic mass is 10.1. The van der Waals surface area contributed by atoms with Crippen LogP contribution in [0.15, 0.2) is 58.6 Å². The van der Waals surface area contributed by atoms with E-state index < -0.39 is 5.79 Å². The summed E-state index contributed by atoms with van der Waals surface area (Å²) < 4.78 is 5.41. The highest BCUT2D eigenvalue weighted by molar-refractivity contribution is 5.96. The third-order valence-corrected chi connectivity index (χ3v) is 4.66. The molecule has 2 aliphatic rings. The van der Waals surface area contributed by atoms with E-state index in [1.807, 2.05) is 42.5 Å². The second-order valence-corrected chi connectivity index (χ2v) is 6.64. The molecule has 1 fully saturated rings. The Bertz CT molecular complexity index is 861. The maximum atomic E-state index is 6.51. The maximum Gasteiger partial charge on any atom is 0.225 e. The topological polar surface area (TPSA) is 126 Å². The molecule has 1 aromatic heterocycles. The number of anilines is 1. The van der Waals surface area contributed by atoms with Crippen LogP contribution < -0.4 is 27.0 Å². The van der Waals surface area contributed by atoms with Crippen LogP contribution in [-0.4, -0.2) is 43.2 Å². The first kappa shape index (κ1) is 18.2. The van der Waals surface area contributed by atoms with Crippen LogP contribution in [-0.2, 0) is 17.1 Å². The van der Waals surface area contributed by atoms with E-state index in [0.717, 1.165) is 43.2 Å². The minimum Gasteiger partial charge on any atom is -0.378 e. The summed E-state index contributed by atoms with van der Waals surface area (Å²) in [5.41, 5.74) is 15.3. The molecule has 146 valence electrons. The van der Waals surface area contributed by atoms with Gasteiger partial charge in [-0.3, -0.25) is 10.7 Å². The zero-order valence-corrected chi connectivity index (χ0v) is 15.5. The molecule has 6 N–H and O–H groups in total. The lowest BCUT2D eigenvalue weighted by Crippen LogP contribution is -2.57. The molecule has 0 amide bonds. The lowest BCUT2D eigenvalue weighted by Gasteiger charge is -2.32. The van der Waals surface area contributed by atoms with Gasteiger partial charge in [-0.15, -0.1) is 0 Å². The van der Waals surface area contributed by atoms with E-state index in [1.54, 1.807) is 6.20 Å². The SMILES string of the molecule is NC1=NC(NCc2ccccn2)=NC(N)(c2ccc(N3CCOCC3)cc2)N1. The Labute approximate surface area is 163 Å². The van der Waals surface area contributed by atoms with E-state index in [2.05, 4.69) is 30.5 Å². The van der Waals surface area contributed by atoms with Crippen molar-refractivity contribution >= 4 is 17.6 Å². The number of pyridine rings is 1. The molecule has 9 nitrogen and oxygen atoms in total. The predicted octanol–water partition coefficient (Wildman–Crippen LogP) is 0.0509. The minimum absolute atomic E-state index is 0.207. The standard InChI is InChI=1S/C19H24N8O/c20-17-24-18(23-13-15-3-1-2-8-22-15)26-19(21,25-17)14-4-6-16(7-5-14)27-9-11-28-12-10-27/h1-8H,9-13,21H2,(H4,20,23,24,25,26). The van der Waals surface area contributed by atoms with E-state index in [4.69, 9.17) is 16.2 Å². The highest BCUT2D eigenvalue weighted by atomic mass is 16.5. The van der Waals surface area contributed by atoms with Crippen LogP contribution in [0.5, 0.6) is 0 Å². The van der Waals surface area contributed by atoms with Gasteiger partial charge < -0.3 is 26.0 Å². The van der Waals surface area contributed by atoms with Crippen LogP contribution in [0.2, 0.25) is 0 Å². The van der Waals surface area contributed by atoms with Gasteiger partial charge in [-0.1, -0.05) is 18.2 Å². The van der Waals surface area contributed by atoms with Gasteiger partial charge in [0.2, 0.25) is 11.7 Å². The average Bonchev–Trinajstić information content (AvgIpc) is 2.73. The molecule has 28 heavy (non-hydrogen) atoms. The van der Waals surface area contributed by atoms with E-state index >= 15 is 0 Å². The van der Waals surface area contributed by atoms with Crippen molar-refractivity contribution in [2.45, 2.75) is 12.3 Å². The summed E-state index contributed by atoms with van der Waals surface area (Å²) in [4.78, 5) is 15.3. The summed E-state index contributed by atoms with van der Waals surface area (Å²) in [5, 5.41) is 6.10. The second-order valence-electron chi connectivity index (χ2n) is 6.64. The predicted molar refractivity (Wildman–Crippen MR) is 109 cm³/mol. The van der Waals surface area contributed by atoms with Gasteiger partial charge in [0.15, 0.2) is 5.96 Å². The fourth-order valence-electron chi connectivity index (χ4n) is 3.19. The third kappa shape index (κ3) is 4.05. The van der Waals surface area contributed by atoms with Gasteiger partial charge in [-0.25, -0.2) is 4.99 Å². The van der Waals surface area contributed by atoms with Crippen LogP contribution >= 0.6 is 0 Å². The Morgan fingerprint density at radius 2 is 1.93 bits per heavy atom. The summed E-state index contributed by atoms with van der Waals surface area (Å²) in [5.74, 6) is -0.623. The monoisotopic (exact) mass is 380 g/mol. The summed E-state index contributed by atoms with van der Waals surface area (Å²) in [6.07, 6.45) is 1.74. The van der Waals surface area contributed by atoms with Gasteiger partial charge in [0, 0.05) is 30.5 Å². The average molecular weight is 380 g/mol. The zero-order chi connectivity index (χ0) is 19.4. The lowest BCUT2D eigenvalue weighted by molar-refractivity contribution is 0.122. The highest BCUT2D eigenvalue weighted by Gasteiger charge is 2.31. The van der Waals surface area contributed by atoms with Gasteiger partial charge in [0.05, 0.1) is 25.5 Å². The minimum atomic E-state index is -1.19. The fraction of sp³-hybridized carbons (Fsp3) is 0.316. The Morgan fingerprint density at radius 1 is 1.14 bits per heavy atom. The first-order chi connectivity index (χ1) is 13.6. The molecule has 0 spiro atoms. The molecule has 0 saturated carbocycles. The molecule has 2 aliphatic heterocycles. The molecule has 9 heteroatoms. The molecule has 1 atom stereocenters. The summed E-state index contributed by atoms with van der Waals surface area (Å²) >= 11 is 0. The summed E-state index contributed by atoms with van der Waals surface area (Å²) in [6, 6.07) is 13.7. The van der Waals surface area contributed by atoms with Crippen LogP contribution in [0.25, 0.3) is 0 Å². The number of hydrogen-bond donors (Lipinski definition) is 4. The van der Waals surface area contributed by atoms with Gasteiger partial charge >= 0.3 is 0 Å². The van der Waals surface area contributed by atoms with Gasteiger partial charge in [0.25, 0.3) is 0 Å². The number of aromatic nitrogens is 1. The molecular weight excluding hydrogens is 356 g/mol. The molecule has 1 aromatic carbocycles. The molecule has 3 heterocycles. The van der Waals surface area contributed by atoms with Crippen LogP contribution in [0.3, 0.4) is 0 Å². The Hall–Kier alpha value is -3.17. The van der Waals surface area contributed by atoms with Crippen molar-refractivity contribution in [1.29, 1.82) is 0 Å². The fourth-order valence-corrected chi connectivity index (χ4v) is 3.19. The van der Waals surface area contributed by atoms with E-state index in [1.165, 1.54) is 0 Å². The molecule has 4 rings (SSSR count). The second kappa shape index (κ2) is 7.83. The Morgan fingerprint density at radius 3 is 2.64 bits per heavy atom. The number of morpholine rings is 1. The Balaban J connectivity index is 1.50. The summed E-state index contributed by atoms with van der Waals surface area (Å²) in [7, 11) is 0. The molecular formula is C19H24N8O. The highest BCUT2D eigenvalue weighted by Crippen LogP contribution is 2.23. The van der Waals surface area contributed by atoms with Crippen LogP contribution in [0, 0.1) is 0 Å². The zero-order valence-electron chi connectivity index (χ0n) is 15.5. The number of benzene rings is 1. The van der Waals surface area contributed by atoms with Crippen LogP contribution in [0.4, 0.5) is 5.69 Å². The molecule has 0 aliphatic carbocycles. The number of guanidine groups is 2. The first-order valence-electron chi connectivity index (χ1n) is 9.20.